The van der Waals surface area contributed by atoms with Gasteiger partial charge in [-0.1, -0.05) is 25.5 Å². The minimum absolute atomic E-state index is 0.456. The van der Waals surface area contributed by atoms with Crippen LogP contribution in [0.5, 0.6) is 0 Å². The van der Waals surface area contributed by atoms with Crippen molar-refractivity contribution in [1.82, 2.24) is 5.32 Å². The van der Waals surface area contributed by atoms with Crippen molar-refractivity contribution in [2.45, 2.75) is 39.2 Å². The van der Waals surface area contributed by atoms with Crippen molar-refractivity contribution in [2.24, 2.45) is 11.8 Å². The highest BCUT2D eigenvalue weighted by molar-refractivity contribution is 5.49. The molecule has 3 rings (SSSR count). The molecule has 0 amide bonds. The molecule has 19 heavy (non-hydrogen) atoms. The molecular formula is C17H26N2. The van der Waals surface area contributed by atoms with Crippen molar-refractivity contribution in [2.75, 3.05) is 24.5 Å². The second kappa shape index (κ2) is 5.54. The van der Waals surface area contributed by atoms with Crippen LogP contribution in [-0.2, 0) is 0 Å². The lowest BCUT2D eigenvalue weighted by Crippen LogP contribution is -2.21. The Bertz CT molecular complexity index is 400. The summed E-state index contributed by atoms with van der Waals surface area (Å²) in [7, 11) is 0. The first-order valence-electron chi connectivity index (χ1n) is 7.86. The molecule has 1 aromatic rings. The standard InChI is InChI=1S/C17H26N2/c1-3-18-13(2)14-7-9-17(10-8-14)19-11-15-5-4-6-16(15)12-19/h7-10,13,15-16,18H,3-6,11-12H2,1-2H3. The van der Waals surface area contributed by atoms with Crippen LogP contribution in [0.4, 0.5) is 5.69 Å². The predicted molar refractivity (Wildman–Crippen MR) is 81.6 cm³/mol. The van der Waals surface area contributed by atoms with E-state index in [1.165, 1.54) is 43.6 Å². The Labute approximate surface area is 117 Å². The van der Waals surface area contributed by atoms with Crippen LogP contribution in [0.3, 0.4) is 0 Å². The Morgan fingerprint density at radius 1 is 1.16 bits per heavy atom. The van der Waals surface area contributed by atoms with Gasteiger partial charge in [-0.2, -0.15) is 0 Å². The van der Waals surface area contributed by atoms with Gasteiger partial charge in [0.2, 0.25) is 0 Å². The van der Waals surface area contributed by atoms with Crippen molar-refractivity contribution in [3.63, 3.8) is 0 Å². The first-order valence-corrected chi connectivity index (χ1v) is 7.86. The van der Waals surface area contributed by atoms with Gasteiger partial charge in [0.25, 0.3) is 0 Å². The summed E-state index contributed by atoms with van der Waals surface area (Å²) < 4.78 is 0. The maximum absolute atomic E-state index is 3.47. The van der Waals surface area contributed by atoms with E-state index in [4.69, 9.17) is 0 Å². The van der Waals surface area contributed by atoms with Crippen LogP contribution in [0.25, 0.3) is 0 Å². The zero-order valence-electron chi connectivity index (χ0n) is 12.2. The van der Waals surface area contributed by atoms with E-state index in [2.05, 4.69) is 48.3 Å². The molecule has 2 fully saturated rings. The summed E-state index contributed by atoms with van der Waals surface area (Å²) in [5.41, 5.74) is 2.81. The highest BCUT2D eigenvalue weighted by Crippen LogP contribution is 2.39. The fourth-order valence-corrected chi connectivity index (χ4v) is 3.84. The third-order valence-electron chi connectivity index (χ3n) is 4.99. The molecule has 1 saturated heterocycles. The van der Waals surface area contributed by atoms with Gasteiger partial charge in [-0.05, 0) is 55.8 Å². The lowest BCUT2D eigenvalue weighted by atomic mass is 10.0. The second-order valence-electron chi connectivity index (χ2n) is 6.23. The number of rotatable bonds is 4. The molecule has 1 saturated carbocycles. The SMILES string of the molecule is CCNC(C)c1ccc(N2CC3CCCC3C2)cc1. The van der Waals surface area contributed by atoms with Crippen LogP contribution < -0.4 is 10.2 Å². The zero-order chi connectivity index (χ0) is 13.2. The Hall–Kier alpha value is -1.02. The first-order chi connectivity index (χ1) is 9.28. The van der Waals surface area contributed by atoms with Crippen LogP contribution >= 0.6 is 0 Å². The number of hydrogen-bond acceptors (Lipinski definition) is 2. The highest BCUT2D eigenvalue weighted by Gasteiger charge is 2.35. The Morgan fingerprint density at radius 3 is 2.37 bits per heavy atom. The summed E-state index contributed by atoms with van der Waals surface area (Å²) in [5.74, 6) is 1.95. The van der Waals surface area contributed by atoms with E-state index in [1.54, 1.807) is 0 Å². The summed E-state index contributed by atoms with van der Waals surface area (Å²) >= 11 is 0. The van der Waals surface area contributed by atoms with Crippen molar-refractivity contribution in [3.05, 3.63) is 29.8 Å². The van der Waals surface area contributed by atoms with E-state index in [0.29, 0.717) is 6.04 Å². The van der Waals surface area contributed by atoms with Gasteiger partial charge in [-0.3, -0.25) is 0 Å². The zero-order valence-corrected chi connectivity index (χ0v) is 12.2. The van der Waals surface area contributed by atoms with Gasteiger partial charge >= 0.3 is 0 Å². The lowest BCUT2D eigenvalue weighted by molar-refractivity contribution is 0.494. The lowest BCUT2D eigenvalue weighted by Gasteiger charge is -2.21. The number of fused-ring (bicyclic) bond motifs is 1. The van der Waals surface area contributed by atoms with Crippen LogP contribution in [0.15, 0.2) is 24.3 Å². The summed E-state index contributed by atoms with van der Waals surface area (Å²) in [6.45, 7) is 7.99. The largest absolute Gasteiger partial charge is 0.371 e. The molecule has 0 radical (unpaired) electrons. The Kier molecular flexibility index (Phi) is 3.79. The predicted octanol–water partition coefficient (Wildman–Crippen LogP) is 3.59. The van der Waals surface area contributed by atoms with Gasteiger partial charge in [0.05, 0.1) is 0 Å². The molecule has 2 aliphatic rings. The summed E-state index contributed by atoms with van der Waals surface area (Å²) in [6, 6.07) is 9.65. The molecule has 104 valence electrons. The molecule has 1 heterocycles. The molecule has 1 aliphatic heterocycles. The van der Waals surface area contributed by atoms with Crippen LogP contribution in [0.2, 0.25) is 0 Å². The molecular weight excluding hydrogens is 232 g/mol. The minimum Gasteiger partial charge on any atom is -0.371 e. The van der Waals surface area contributed by atoms with Crippen molar-refractivity contribution >= 4 is 5.69 Å². The monoisotopic (exact) mass is 258 g/mol. The van der Waals surface area contributed by atoms with Crippen molar-refractivity contribution < 1.29 is 0 Å². The van der Waals surface area contributed by atoms with Crippen LogP contribution in [0.1, 0.15) is 44.7 Å². The molecule has 1 aliphatic carbocycles. The molecule has 3 unspecified atom stereocenters. The average Bonchev–Trinajstić information content (AvgIpc) is 3.00. The third kappa shape index (κ3) is 2.64. The second-order valence-corrected chi connectivity index (χ2v) is 6.23. The number of anilines is 1. The molecule has 0 spiro atoms. The highest BCUT2D eigenvalue weighted by atomic mass is 15.2. The molecule has 0 bridgehead atoms. The van der Waals surface area contributed by atoms with Crippen LogP contribution in [0, 0.1) is 11.8 Å². The fraction of sp³-hybridized carbons (Fsp3) is 0.647. The molecule has 2 heteroatoms. The van der Waals surface area contributed by atoms with Gasteiger partial charge in [0.15, 0.2) is 0 Å². The quantitative estimate of drug-likeness (QED) is 0.888. The Morgan fingerprint density at radius 2 is 1.79 bits per heavy atom. The maximum atomic E-state index is 3.47. The number of nitrogens with zero attached hydrogens (tertiary/aromatic N) is 1. The van der Waals surface area contributed by atoms with Crippen LogP contribution in [-0.4, -0.2) is 19.6 Å². The molecule has 0 aromatic heterocycles. The number of hydrogen-bond donors (Lipinski definition) is 1. The van der Waals surface area contributed by atoms with Gasteiger partial charge in [-0.25, -0.2) is 0 Å². The van der Waals surface area contributed by atoms with Crippen molar-refractivity contribution in [1.29, 1.82) is 0 Å². The maximum Gasteiger partial charge on any atom is 0.0366 e. The summed E-state index contributed by atoms with van der Waals surface area (Å²) in [6.07, 6.45) is 4.37. The van der Waals surface area contributed by atoms with Gasteiger partial charge in [-0.15, -0.1) is 0 Å². The van der Waals surface area contributed by atoms with E-state index in [-0.39, 0.29) is 0 Å². The number of benzene rings is 1. The average molecular weight is 258 g/mol. The number of nitrogens with one attached hydrogen (secondary N) is 1. The van der Waals surface area contributed by atoms with Gasteiger partial charge < -0.3 is 10.2 Å². The topological polar surface area (TPSA) is 15.3 Å². The smallest absolute Gasteiger partial charge is 0.0366 e. The summed E-state index contributed by atoms with van der Waals surface area (Å²) in [4.78, 5) is 2.59. The van der Waals surface area contributed by atoms with E-state index < -0.39 is 0 Å². The normalized spacial score (nSPS) is 27.6. The molecule has 1 aromatic carbocycles. The summed E-state index contributed by atoms with van der Waals surface area (Å²) in [5, 5.41) is 3.47. The van der Waals surface area contributed by atoms with E-state index >= 15 is 0 Å². The molecule has 1 N–H and O–H groups in total. The van der Waals surface area contributed by atoms with E-state index in [1.807, 2.05) is 0 Å². The minimum atomic E-state index is 0.456. The Balaban J connectivity index is 1.66. The van der Waals surface area contributed by atoms with E-state index in [0.717, 1.165) is 18.4 Å². The molecule has 2 nitrogen and oxygen atoms in total. The van der Waals surface area contributed by atoms with Gasteiger partial charge in [0, 0.05) is 24.8 Å². The van der Waals surface area contributed by atoms with Gasteiger partial charge in [0.1, 0.15) is 0 Å². The first kappa shape index (κ1) is 13.0. The third-order valence-corrected chi connectivity index (χ3v) is 4.99. The fourth-order valence-electron chi connectivity index (χ4n) is 3.84. The van der Waals surface area contributed by atoms with Crippen molar-refractivity contribution in [3.8, 4) is 0 Å². The van der Waals surface area contributed by atoms with E-state index in [9.17, 15) is 0 Å². The molecule has 3 atom stereocenters.